The van der Waals surface area contributed by atoms with Crippen LogP contribution in [0.4, 0.5) is 11.5 Å². The molecule has 150 valence electrons. The Morgan fingerprint density at radius 3 is 2.52 bits per heavy atom. The lowest BCUT2D eigenvalue weighted by molar-refractivity contribution is -0.384. The van der Waals surface area contributed by atoms with Crippen molar-refractivity contribution in [1.29, 1.82) is 0 Å². The van der Waals surface area contributed by atoms with Gasteiger partial charge in [0, 0.05) is 34.7 Å². The standard InChI is InChI=1S/C20H21N5O3S/c1-20(2,3)16-12-18(24(23-16)17-6-4-5-11-21-17)22-19(26)13-29-15-9-7-14(8-10-15)25(27)28/h4-12H,13H2,1-3H3,(H,22,26). The maximum atomic E-state index is 12.5. The van der Waals surface area contributed by atoms with Crippen LogP contribution >= 0.6 is 11.8 Å². The molecule has 2 heterocycles. The van der Waals surface area contributed by atoms with Crippen molar-refractivity contribution < 1.29 is 9.72 Å². The van der Waals surface area contributed by atoms with Gasteiger partial charge < -0.3 is 5.32 Å². The Labute approximate surface area is 172 Å². The predicted molar refractivity (Wildman–Crippen MR) is 113 cm³/mol. The highest BCUT2D eigenvalue weighted by Crippen LogP contribution is 2.26. The maximum absolute atomic E-state index is 12.5. The Kier molecular flexibility index (Phi) is 5.97. The van der Waals surface area contributed by atoms with E-state index in [1.807, 2.05) is 45.0 Å². The first kappa shape index (κ1) is 20.5. The summed E-state index contributed by atoms with van der Waals surface area (Å²) in [6.07, 6.45) is 1.67. The Morgan fingerprint density at radius 1 is 1.21 bits per heavy atom. The van der Waals surface area contributed by atoms with Crippen LogP contribution in [0.25, 0.3) is 5.82 Å². The number of aromatic nitrogens is 3. The van der Waals surface area contributed by atoms with E-state index in [0.717, 1.165) is 10.6 Å². The Bertz CT molecular complexity index is 1010. The number of benzene rings is 1. The summed E-state index contributed by atoms with van der Waals surface area (Å²) >= 11 is 1.30. The van der Waals surface area contributed by atoms with E-state index in [2.05, 4.69) is 15.4 Å². The number of nitro groups is 1. The van der Waals surface area contributed by atoms with Gasteiger partial charge in [-0.05, 0) is 24.3 Å². The number of carbonyl (C=O) groups excluding carboxylic acids is 1. The molecule has 3 rings (SSSR count). The molecule has 1 aromatic carbocycles. The van der Waals surface area contributed by atoms with Gasteiger partial charge in [-0.3, -0.25) is 14.9 Å². The molecule has 0 saturated heterocycles. The van der Waals surface area contributed by atoms with Crippen molar-refractivity contribution in [3.8, 4) is 5.82 Å². The van der Waals surface area contributed by atoms with E-state index in [1.165, 1.54) is 23.9 Å². The zero-order valence-electron chi connectivity index (χ0n) is 16.3. The monoisotopic (exact) mass is 411 g/mol. The number of hydrogen-bond acceptors (Lipinski definition) is 6. The van der Waals surface area contributed by atoms with Crippen molar-refractivity contribution in [1.82, 2.24) is 14.8 Å². The first-order valence-electron chi connectivity index (χ1n) is 8.93. The van der Waals surface area contributed by atoms with E-state index in [-0.39, 0.29) is 22.8 Å². The smallest absolute Gasteiger partial charge is 0.269 e. The number of rotatable bonds is 6. The van der Waals surface area contributed by atoms with Gasteiger partial charge in [0.2, 0.25) is 5.91 Å². The molecule has 0 spiro atoms. The molecule has 0 unspecified atom stereocenters. The van der Waals surface area contributed by atoms with Gasteiger partial charge in [0.1, 0.15) is 5.82 Å². The Morgan fingerprint density at radius 2 is 1.93 bits per heavy atom. The molecular formula is C20H21N5O3S. The predicted octanol–water partition coefficient (Wildman–Crippen LogP) is 4.20. The molecule has 3 aromatic rings. The molecule has 9 heteroatoms. The number of thioether (sulfide) groups is 1. The van der Waals surface area contributed by atoms with Crippen LogP contribution in [0, 0.1) is 10.1 Å². The molecule has 29 heavy (non-hydrogen) atoms. The number of pyridine rings is 1. The SMILES string of the molecule is CC(C)(C)c1cc(NC(=O)CSc2ccc([N+](=O)[O-])cc2)n(-c2ccccn2)n1. The molecule has 0 radical (unpaired) electrons. The highest BCUT2D eigenvalue weighted by Gasteiger charge is 2.22. The summed E-state index contributed by atoms with van der Waals surface area (Å²) in [4.78, 5) is 27.9. The minimum Gasteiger partial charge on any atom is -0.310 e. The first-order chi connectivity index (χ1) is 13.7. The van der Waals surface area contributed by atoms with Gasteiger partial charge in [0.15, 0.2) is 5.82 Å². The molecule has 0 atom stereocenters. The molecular weight excluding hydrogens is 390 g/mol. The summed E-state index contributed by atoms with van der Waals surface area (Å²) < 4.78 is 1.62. The lowest BCUT2D eigenvalue weighted by Gasteiger charge is -2.13. The van der Waals surface area contributed by atoms with Crippen LogP contribution in [-0.4, -0.2) is 31.3 Å². The Hall–Kier alpha value is -3.20. The third kappa shape index (κ3) is 5.20. The fourth-order valence-electron chi connectivity index (χ4n) is 2.48. The zero-order chi connectivity index (χ0) is 21.0. The van der Waals surface area contributed by atoms with Crippen LogP contribution in [-0.2, 0) is 10.2 Å². The molecule has 0 bridgehead atoms. The summed E-state index contributed by atoms with van der Waals surface area (Å²) in [7, 11) is 0. The van der Waals surface area contributed by atoms with Gasteiger partial charge in [0.05, 0.1) is 16.4 Å². The summed E-state index contributed by atoms with van der Waals surface area (Å²) in [5, 5.41) is 18.2. The number of non-ortho nitro benzene ring substituents is 1. The third-order valence-corrected chi connectivity index (χ3v) is 5.04. The lowest BCUT2D eigenvalue weighted by Crippen LogP contribution is -2.17. The average molecular weight is 411 g/mol. The number of nitro benzene ring substituents is 1. The van der Waals surface area contributed by atoms with E-state index < -0.39 is 4.92 Å². The highest BCUT2D eigenvalue weighted by molar-refractivity contribution is 8.00. The number of hydrogen-bond donors (Lipinski definition) is 1. The number of nitrogens with zero attached hydrogens (tertiary/aromatic N) is 4. The van der Waals surface area contributed by atoms with E-state index in [1.54, 1.807) is 23.0 Å². The zero-order valence-corrected chi connectivity index (χ0v) is 17.1. The van der Waals surface area contributed by atoms with E-state index in [0.29, 0.717) is 11.6 Å². The second kappa shape index (κ2) is 8.44. The van der Waals surface area contributed by atoms with Crippen LogP contribution in [0.2, 0.25) is 0 Å². The largest absolute Gasteiger partial charge is 0.310 e. The fraction of sp³-hybridized carbons (Fsp3) is 0.250. The molecule has 1 amide bonds. The summed E-state index contributed by atoms with van der Waals surface area (Å²) in [5.74, 6) is 1.12. The van der Waals surface area contributed by atoms with E-state index in [9.17, 15) is 14.9 Å². The lowest BCUT2D eigenvalue weighted by atomic mass is 9.92. The van der Waals surface area contributed by atoms with Crippen molar-refractivity contribution in [3.05, 3.63) is 70.5 Å². The minimum atomic E-state index is -0.452. The van der Waals surface area contributed by atoms with Crippen molar-refractivity contribution in [3.63, 3.8) is 0 Å². The van der Waals surface area contributed by atoms with Crippen LogP contribution < -0.4 is 5.32 Å². The van der Waals surface area contributed by atoms with Crippen LogP contribution in [0.3, 0.4) is 0 Å². The van der Waals surface area contributed by atoms with Gasteiger partial charge in [-0.25, -0.2) is 4.98 Å². The fourth-order valence-corrected chi connectivity index (χ4v) is 3.18. The van der Waals surface area contributed by atoms with Gasteiger partial charge in [-0.2, -0.15) is 9.78 Å². The highest BCUT2D eigenvalue weighted by atomic mass is 32.2. The van der Waals surface area contributed by atoms with Crippen molar-refractivity contribution in [2.24, 2.45) is 0 Å². The van der Waals surface area contributed by atoms with Gasteiger partial charge in [-0.1, -0.05) is 26.8 Å². The quantitative estimate of drug-likeness (QED) is 0.370. The maximum Gasteiger partial charge on any atom is 0.269 e. The van der Waals surface area contributed by atoms with Gasteiger partial charge in [0.25, 0.3) is 5.69 Å². The van der Waals surface area contributed by atoms with Gasteiger partial charge in [-0.15, -0.1) is 11.8 Å². The van der Waals surface area contributed by atoms with Crippen molar-refractivity contribution >= 4 is 29.2 Å². The van der Waals surface area contributed by atoms with Gasteiger partial charge >= 0.3 is 0 Å². The third-order valence-electron chi connectivity index (χ3n) is 4.03. The van der Waals surface area contributed by atoms with Crippen molar-refractivity contribution in [2.75, 3.05) is 11.1 Å². The van der Waals surface area contributed by atoms with Crippen LogP contribution in [0.1, 0.15) is 26.5 Å². The summed E-state index contributed by atoms with van der Waals surface area (Å²) in [6.45, 7) is 6.15. The molecule has 1 N–H and O–H groups in total. The normalized spacial score (nSPS) is 11.3. The minimum absolute atomic E-state index is 0.0211. The first-order valence-corrected chi connectivity index (χ1v) is 9.91. The topological polar surface area (TPSA) is 103 Å². The number of anilines is 1. The molecule has 0 fully saturated rings. The van der Waals surface area contributed by atoms with E-state index in [4.69, 9.17) is 0 Å². The number of nitrogens with one attached hydrogen (secondary N) is 1. The number of amides is 1. The number of carbonyl (C=O) groups is 1. The molecule has 0 aliphatic heterocycles. The summed E-state index contributed by atoms with van der Waals surface area (Å²) in [5.41, 5.74) is 0.668. The second-order valence-corrected chi connectivity index (χ2v) is 8.40. The van der Waals surface area contributed by atoms with Crippen LogP contribution in [0.5, 0.6) is 0 Å². The van der Waals surface area contributed by atoms with Crippen molar-refractivity contribution in [2.45, 2.75) is 31.1 Å². The molecule has 0 aliphatic carbocycles. The summed E-state index contributed by atoms with van der Waals surface area (Å²) in [6, 6.07) is 13.5. The molecule has 2 aromatic heterocycles. The van der Waals surface area contributed by atoms with E-state index >= 15 is 0 Å². The Balaban J connectivity index is 1.74. The van der Waals surface area contributed by atoms with Crippen LogP contribution in [0.15, 0.2) is 59.6 Å². The molecule has 8 nitrogen and oxygen atoms in total. The molecule has 0 saturated carbocycles. The average Bonchev–Trinajstić information content (AvgIpc) is 3.11. The molecule has 0 aliphatic rings. The second-order valence-electron chi connectivity index (χ2n) is 7.35.